The minimum absolute atomic E-state index is 0.176. The highest BCUT2D eigenvalue weighted by Gasteiger charge is 2.23. The third kappa shape index (κ3) is 3.75. The summed E-state index contributed by atoms with van der Waals surface area (Å²) >= 11 is 6.10. The maximum absolute atomic E-state index is 12.6. The molecule has 2 rings (SSSR count). The van der Waals surface area contributed by atoms with E-state index in [-0.39, 0.29) is 17.4 Å². The first-order chi connectivity index (χ1) is 10.6. The van der Waals surface area contributed by atoms with Crippen molar-refractivity contribution in [2.24, 2.45) is 0 Å². The van der Waals surface area contributed by atoms with Gasteiger partial charge in [0, 0.05) is 16.4 Å². The third-order valence-electron chi connectivity index (χ3n) is 3.71. The highest BCUT2D eigenvalue weighted by molar-refractivity contribution is 6.31. The highest BCUT2D eigenvalue weighted by atomic mass is 35.5. The molecule has 5 heteroatoms. The standard InChI is InChI=1S/C18H24ClN3O/c1-11(2)16-10-15(21-22(16)18(4,5)6)17(23)20-14-9-7-8-13(19)12(14)3/h7-11H,1-6H3,(H,20,23). The molecular formula is C18H24ClN3O. The van der Waals surface area contributed by atoms with Gasteiger partial charge in [-0.15, -0.1) is 0 Å². The van der Waals surface area contributed by atoms with E-state index in [1.165, 1.54) is 0 Å². The van der Waals surface area contributed by atoms with Crippen molar-refractivity contribution in [3.05, 3.63) is 46.2 Å². The molecule has 23 heavy (non-hydrogen) atoms. The second-order valence-electron chi connectivity index (χ2n) is 7.06. The van der Waals surface area contributed by atoms with Gasteiger partial charge in [0.2, 0.25) is 0 Å². The van der Waals surface area contributed by atoms with Gasteiger partial charge in [-0.05, 0) is 57.4 Å². The molecule has 124 valence electrons. The molecule has 2 aromatic rings. The van der Waals surface area contributed by atoms with Gasteiger partial charge in [-0.2, -0.15) is 5.10 Å². The highest BCUT2D eigenvalue weighted by Crippen LogP contribution is 2.26. The second kappa shape index (κ2) is 6.36. The first-order valence-electron chi connectivity index (χ1n) is 7.78. The number of hydrogen-bond donors (Lipinski definition) is 1. The molecule has 1 aromatic heterocycles. The number of nitrogens with zero attached hydrogens (tertiary/aromatic N) is 2. The van der Waals surface area contributed by atoms with Crippen LogP contribution >= 0.6 is 11.6 Å². The Morgan fingerprint density at radius 1 is 1.30 bits per heavy atom. The molecule has 1 N–H and O–H groups in total. The summed E-state index contributed by atoms with van der Waals surface area (Å²) in [6, 6.07) is 7.32. The van der Waals surface area contributed by atoms with Crippen molar-refractivity contribution in [2.75, 3.05) is 5.32 Å². The molecule has 4 nitrogen and oxygen atoms in total. The van der Waals surface area contributed by atoms with Gasteiger partial charge in [0.05, 0.1) is 5.54 Å². The summed E-state index contributed by atoms with van der Waals surface area (Å²) in [5.74, 6) is 0.0662. The van der Waals surface area contributed by atoms with E-state index in [4.69, 9.17) is 11.6 Å². The van der Waals surface area contributed by atoms with Crippen molar-refractivity contribution in [3.63, 3.8) is 0 Å². The lowest BCUT2D eigenvalue weighted by atomic mass is 10.1. The first-order valence-corrected chi connectivity index (χ1v) is 8.16. The summed E-state index contributed by atoms with van der Waals surface area (Å²) in [6.07, 6.45) is 0. The number of halogens is 1. The summed E-state index contributed by atoms with van der Waals surface area (Å²) in [4.78, 5) is 12.6. The van der Waals surface area contributed by atoms with Crippen molar-refractivity contribution in [1.29, 1.82) is 0 Å². The van der Waals surface area contributed by atoms with Crippen LogP contribution in [-0.4, -0.2) is 15.7 Å². The van der Waals surface area contributed by atoms with Gasteiger partial charge in [-0.1, -0.05) is 31.5 Å². The van der Waals surface area contributed by atoms with Crippen molar-refractivity contribution in [2.45, 2.75) is 53.0 Å². The van der Waals surface area contributed by atoms with E-state index in [9.17, 15) is 4.79 Å². The molecule has 0 bridgehead atoms. The zero-order valence-electron chi connectivity index (χ0n) is 14.6. The Kier molecular flexibility index (Phi) is 4.85. The lowest BCUT2D eigenvalue weighted by Crippen LogP contribution is -2.26. The molecule has 0 spiro atoms. The van der Waals surface area contributed by atoms with Crippen LogP contribution in [0.15, 0.2) is 24.3 Å². The molecule has 0 saturated heterocycles. The van der Waals surface area contributed by atoms with Crippen LogP contribution in [0.5, 0.6) is 0 Å². The monoisotopic (exact) mass is 333 g/mol. The Labute approximate surface area is 142 Å². The van der Waals surface area contributed by atoms with E-state index in [1.807, 2.05) is 29.8 Å². The molecule has 0 saturated carbocycles. The van der Waals surface area contributed by atoms with Crippen LogP contribution in [0.2, 0.25) is 5.02 Å². The summed E-state index contributed by atoms with van der Waals surface area (Å²) in [7, 11) is 0. The summed E-state index contributed by atoms with van der Waals surface area (Å²) in [5.41, 5.74) is 2.85. The number of benzene rings is 1. The lowest BCUT2D eigenvalue weighted by molar-refractivity contribution is 0.102. The van der Waals surface area contributed by atoms with Gasteiger partial charge in [0.25, 0.3) is 5.91 Å². The molecule has 0 aliphatic rings. The van der Waals surface area contributed by atoms with Crippen LogP contribution in [0.3, 0.4) is 0 Å². The van der Waals surface area contributed by atoms with E-state index in [0.717, 1.165) is 11.3 Å². The number of nitrogens with one attached hydrogen (secondary N) is 1. The Morgan fingerprint density at radius 3 is 2.48 bits per heavy atom. The number of amides is 1. The smallest absolute Gasteiger partial charge is 0.276 e. The van der Waals surface area contributed by atoms with Gasteiger partial charge in [-0.25, -0.2) is 0 Å². The molecule has 1 amide bonds. The molecule has 1 aromatic carbocycles. The minimum Gasteiger partial charge on any atom is -0.320 e. The van der Waals surface area contributed by atoms with Crippen molar-refractivity contribution < 1.29 is 4.79 Å². The maximum atomic E-state index is 12.6. The van der Waals surface area contributed by atoms with E-state index in [1.54, 1.807) is 6.07 Å². The lowest BCUT2D eigenvalue weighted by Gasteiger charge is -2.23. The van der Waals surface area contributed by atoms with Gasteiger partial charge >= 0.3 is 0 Å². The largest absolute Gasteiger partial charge is 0.320 e. The Bertz CT molecular complexity index is 726. The number of hydrogen-bond acceptors (Lipinski definition) is 2. The van der Waals surface area contributed by atoms with Crippen molar-refractivity contribution in [3.8, 4) is 0 Å². The topological polar surface area (TPSA) is 46.9 Å². The molecule has 0 fully saturated rings. The molecule has 1 heterocycles. The van der Waals surface area contributed by atoms with E-state index in [2.05, 4.69) is 45.0 Å². The van der Waals surface area contributed by atoms with Gasteiger partial charge in [-0.3, -0.25) is 9.48 Å². The van der Waals surface area contributed by atoms with Gasteiger partial charge in [0.1, 0.15) is 0 Å². The Morgan fingerprint density at radius 2 is 1.96 bits per heavy atom. The van der Waals surface area contributed by atoms with Crippen LogP contribution in [0, 0.1) is 6.92 Å². The van der Waals surface area contributed by atoms with E-state index in [0.29, 0.717) is 16.4 Å². The maximum Gasteiger partial charge on any atom is 0.276 e. The van der Waals surface area contributed by atoms with Crippen LogP contribution < -0.4 is 5.32 Å². The molecule has 0 radical (unpaired) electrons. The molecule has 0 atom stereocenters. The molecule has 0 aliphatic carbocycles. The van der Waals surface area contributed by atoms with Crippen LogP contribution in [0.25, 0.3) is 0 Å². The quantitative estimate of drug-likeness (QED) is 0.861. The molecule has 0 unspecified atom stereocenters. The van der Waals surface area contributed by atoms with Crippen LogP contribution in [0.1, 0.15) is 62.3 Å². The van der Waals surface area contributed by atoms with E-state index >= 15 is 0 Å². The van der Waals surface area contributed by atoms with E-state index < -0.39 is 0 Å². The molecular weight excluding hydrogens is 310 g/mol. The summed E-state index contributed by atoms with van der Waals surface area (Å²) in [6.45, 7) is 12.3. The van der Waals surface area contributed by atoms with Gasteiger partial charge < -0.3 is 5.32 Å². The summed E-state index contributed by atoms with van der Waals surface area (Å²) < 4.78 is 1.93. The number of carbonyl (C=O) groups excluding carboxylic acids is 1. The van der Waals surface area contributed by atoms with Crippen LogP contribution in [-0.2, 0) is 5.54 Å². The predicted octanol–water partition coefficient (Wildman–Crippen LogP) is 4.98. The normalized spacial score (nSPS) is 11.8. The summed E-state index contributed by atoms with van der Waals surface area (Å²) in [5, 5.41) is 8.05. The van der Waals surface area contributed by atoms with Crippen molar-refractivity contribution >= 4 is 23.2 Å². The Balaban J connectivity index is 2.35. The average molecular weight is 334 g/mol. The Hall–Kier alpha value is -1.81. The number of carbonyl (C=O) groups is 1. The number of rotatable bonds is 3. The average Bonchev–Trinajstić information content (AvgIpc) is 2.89. The fourth-order valence-electron chi connectivity index (χ4n) is 2.38. The van der Waals surface area contributed by atoms with Gasteiger partial charge in [0.15, 0.2) is 5.69 Å². The second-order valence-corrected chi connectivity index (χ2v) is 7.47. The third-order valence-corrected chi connectivity index (χ3v) is 4.12. The fourth-order valence-corrected chi connectivity index (χ4v) is 2.56. The van der Waals surface area contributed by atoms with Crippen molar-refractivity contribution in [1.82, 2.24) is 9.78 Å². The number of anilines is 1. The fraction of sp³-hybridized carbons (Fsp3) is 0.444. The first kappa shape index (κ1) is 17.5. The molecule has 0 aliphatic heterocycles. The number of aromatic nitrogens is 2. The van der Waals surface area contributed by atoms with Crippen LogP contribution in [0.4, 0.5) is 5.69 Å². The SMILES string of the molecule is Cc1c(Cl)cccc1NC(=O)c1cc(C(C)C)n(C(C)(C)C)n1. The minimum atomic E-state index is -0.222. The zero-order chi connectivity index (χ0) is 17.4. The predicted molar refractivity (Wildman–Crippen MR) is 95.5 cm³/mol. The zero-order valence-corrected chi connectivity index (χ0v) is 15.3.